The topological polar surface area (TPSA) is 50.2 Å². The third-order valence-corrected chi connectivity index (χ3v) is 0.778. The van der Waals surface area contributed by atoms with E-state index in [9.17, 15) is 4.79 Å². The van der Waals surface area contributed by atoms with Gasteiger partial charge in [0.15, 0.2) is 6.40 Å². The molecule has 0 unspecified atom stereocenters. The van der Waals surface area contributed by atoms with Crippen molar-refractivity contribution >= 4 is 12.4 Å². The first-order valence-electron chi connectivity index (χ1n) is 2.68. The highest BCUT2D eigenvalue weighted by atomic mass is 16.5. The molecule has 0 saturated heterocycles. The second-order valence-corrected chi connectivity index (χ2v) is 2.77. The van der Waals surface area contributed by atoms with Crippen molar-refractivity contribution in [2.45, 2.75) is 20.8 Å². The molecule has 0 aromatic carbocycles. The van der Waals surface area contributed by atoms with E-state index in [0.717, 1.165) is 0 Å². The lowest BCUT2D eigenvalue weighted by Crippen LogP contribution is -2.22. The minimum Gasteiger partial charge on any atom is -0.415 e. The Kier molecular flexibility index (Phi) is 2.37. The van der Waals surface area contributed by atoms with Gasteiger partial charge in [0.1, 0.15) is 0 Å². The summed E-state index contributed by atoms with van der Waals surface area (Å²) in [5, 5.41) is 6.44. The van der Waals surface area contributed by atoms with Crippen molar-refractivity contribution in [3.05, 3.63) is 0 Å². The molecule has 3 heteroatoms. The van der Waals surface area contributed by atoms with Crippen molar-refractivity contribution in [1.82, 2.24) is 0 Å². The van der Waals surface area contributed by atoms with Crippen LogP contribution < -0.4 is 0 Å². The monoisotopic (exact) mass is 129 g/mol. The zero-order chi connectivity index (χ0) is 7.49. The second-order valence-electron chi connectivity index (χ2n) is 2.77. The van der Waals surface area contributed by atoms with E-state index in [1.165, 1.54) is 0 Å². The summed E-state index contributed by atoms with van der Waals surface area (Å²) < 4.78 is 4.31. The molecule has 1 N–H and O–H groups in total. The largest absolute Gasteiger partial charge is 0.415 e. The minimum absolute atomic E-state index is 0.377. The molecule has 0 amide bonds. The number of carbonyl (C=O) groups is 1. The van der Waals surface area contributed by atoms with E-state index in [1.54, 1.807) is 20.8 Å². The maximum absolute atomic E-state index is 10.7. The van der Waals surface area contributed by atoms with E-state index in [0.29, 0.717) is 6.40 Å². The van der Waals surface area contributed by atoms with Gasteiger partial charge in [-0.2, -0.15) is 0 Å². The van der Waals surface area contributed by atoms with Gasteiger partial charge < -0.3 is 4.74 Å². The van der Waals surface area contributed by atoms with Gasteiger partial charge in [-0.15, -0.1) is 0 Å². The Morgan fingerprint density at radius 2 is 2.00 bits per heavy atom. The molecule has 0 aliphatic carbocycles. The van der Waals surface area contributed by atoms with Gasteiger partial charge in [-0.3, -0.25) is 10.2 Å². The number of hydrogen-bond acceptors (Lipinski definition) is 3. The van der Waals surface area contributed by atoms with Crippen LogP contribution in [0.2, 0.25) is 0 Å². The number of hydrogen-bond donors (Lipinski definition) is 1. The van der Waals surface area contributed by atoms with Gasteiger partial charge in [0, 0.05) is 0 Å². The van der Waals surface area contributed by atoms with Gasteiger partial charge in [0.2, 0.25) is 0 Å². The fourth-order valence-corrected chi connectivity index (χ4v) is 0.230. The molecule has 9 heavy (non-hydrogen) atoms. The number of rotatable bonds is 1. The second kappa shape index (κ2) is 2.62. The lowest BCUT2D eigenvalue weighted by molar-refractivity contribution is -0.143. The van der Waals surface area contributed by atoms with Gasteiger partial charge in [-0.25, -0.2) is 0 Å². The molecule has 0 heterocycles. The Balaban J connectivity index is 3.88. The average molecular weight is 129 g/mol. The third-order valence-electron chi connectivity index (χ3n) is 0.778. The van der Waals surface area contributed by atoms with Crippen molar-refractivity contribution < 1.29 is 9.53 Å². The first-order chi connectivity index (χ1) is 3.98. The summed E-state index contributed by atoms with van der Waals surface area (Å²) in [6.07, 6.45) is 0.646. The molecule has 0 radical (unpaired) electrons. The van der Waals surface area contributed by atoms with Gasteiger partial charge in [-0.05, 0) is 20.8 Å². The molecule has 0 atom stereocenters. The first-order valence-corrected chi connectivity index (χ1v) is 2.68. The highest BCUT2D eigenvalue weighted by Gasteiger charge is 2.22. The lowest BCUT2D eigenvalue weighted by atomic mass is 9.98. The standard InChI is InChI=1S/C6H11NO2/c1-6(2,3)5(8)9-4-7/h4,7H,1-3H3. The van der Waals surface area contributed by atoms with Crippen LogP contribution >= 0.6 is 0 Å². The van der Waals surface area contributed by atoms with Crippen molar-refractivity contribution in [3.63, 3.8) is 0 Å². The summed E-state index contributed by atoms with van der Waals surface area (Å²) in [5.41, 5.74) is -0.502. The van der Waals surface area contributed by atoms with Crippen LogP contribution in [-0.2, 0) is 9.53 Å². The van der Waals surface area contributed by atoms with E-state index < -0.39 is 5.41 Å². The highest BCUT2D eigenvalue weighted by Crippen LogP contribution is 2.13. The predicted octanol–water partition coefficient (Wildman–Crippen LogP) is 1.18. The molecule has 0 aliphatic rings. The zero-order valence-corrected chi connectivity index (χ0v) is 5.89. The van der Waals surface area contributed by atoms with Crippen molar-refractivity contribution in [1.29, 1.82) is 5.41 Å². The predicted molar refractivity (Wildman–Crippen MR) is 34.3 cm³/mol. The Morgan fingerprint density at radius 1 is 1.56 bits per heavy atom. The lowest BCUT2D eigenvalue weighted by Gasteiger charge is -2.12. The molecule has 0 saturated carbocycles. The number of ether oxygens (including phenoxy) is 1. The van der Waals surface area contributed by atoms with Gasteiger partial charge in [0.25, 0.3) is 0 Å². The van der Waals surface area contributed by atoms with Crippen LogP contribution in [0.3, 0.4) is 0 Å². The van der Waals surface area contributed by atoms with E-state index in [1.807, 2.05) is 0 Å². The van der Waals surface area contributed by atoms with Crippen LogP contribution in [0.25, 0.3) is 0 Å². The summed E-state index contributed by atoms with van der Waals surface area (Å²) in [4.78, 5) is 10.7. The molecule has 0 aromatic heterocycles. The van der Waals surface area contributed by atoms with E-state index in [4.69, 9.17) is 5.41 Å². The quantitative estimate of drug-likeness (QED) is 0.328. The van der Waals surface area contributed by atoms with E-state index in [-0.39, 0.29) is 5.97 Å². The first kappa shape index (κ1) is 8.14. The van der Waals surface area contributed by atoms with Crippen molar-refractivity contribution in [2.75, 3.05) is 0 Å². The fourth-order valence-electron chi connectivity index (χ4n) is 0.230. The minimum atomic E-state index is -0.502. The van der Waals surface area contributed by atoms with Crippen LogP contribution in [-0.4, -0.2) is 12.4 Å². The van der Waals surface area contributed by atoms with Crippen LogP contribution in [0.5, 0.6) is 0 Å². The fraction of sp³-hybridized carbons (Fsp3) is 0.667. The van der Waals surface area contributed by atoms with Crippen LogP contribution in [0.4, 0.5) is 0 Å². The van der Waals surface area contributed by atoms with Gasteiger partial charge in [0.05, 0.1) is 5.41 Å². The van der Waals surface area contributed by atoms with Crippen molar-refractivity contribution in [2.24, 2.45) is 5.41 Å². The summed E-state index contributed by atoms with van der Waals surface area (Å²) in [6.45, 7) is 5.20. The Bertz CT molecular complexity index is 124. The maximum Gasteiger partial charge on any atom is 0.317 e. The Labute approximate surface area is 54.5 Å². The molecule has 0 bridgehead atoms. The molecular weight excluding hydrogens is 118 g/mol. The number of esters is 1. The Hall–Kier alpha value is -0.860. The number of nitrogens with one attached hydrogen (secondary N) is 1. The molecule has 3 nitrogen and oxygen atoms in total. The molecule has 0 fully saturated rings. The van der Waals surface area contributed by atoms with Crippen LogP contribution in [0, 0.1) is 10.8 Å². The van der Waals surface area contributed by atoms with E-state index >= 15 is 0 Å². The number of carbonyl (C=O) groups excluding carboxylic acids is 1. The van der Waals surface area contributed by atoms with Gasteiger partial charge in [-0.1, -0.05) is 0 Å². The smallest absolute Gasteiger partial charge is 0.317 e. The summed E-state index contributed by atoms with van der Waals surface area (Å²) >= 11 is 0. The average Bonchev–Trinajstić information content (AvgIpc) is 1.64. The summed E-state index contributed by atoms with van der Waals surface area (Å²) in [7, 11) is 0. The summed E-state index contributed by atoms with van der Waals surface area (Å²) in [5.74, 6) is -0.377. The Morgan fingerprint density at radius 3 is 2.11 bits per heavy atom. The maximum atomic E-state index is 10.7. The third kappa shape index (κ3) is 2.85. The highest BCUT2D eigenvalue weighted by molar-refractivity contribution is 5.81. The zero-order valence-electron chi connectivity index (χ0n) is 5.89. The van der Waals surface area contributed by atoms with Crippen molar-refractivity contribution in [3.8, 4) is 0 Å². The SMILES string of the molecule is CC(C)(C)C(=O)OC=N. The van der Waals surface area contributed by atoms with Gasteiger partial charge >= 0.3 is 5.97 Å². The molecule has 52 valence electrons. The normalized spacial score (nSPS) is 10.6. The molecule has 0 aromatic rings. The molecule has 0 spiro atoms. The molecule has 0 aliphatic heterocycles. The molecule has 0 rings (SSSR count). The summed E-state index contributed by atoms with van der Waals surface area (Å²) in [6, 6.07) is 0. The van der Waals surface area contributed by atoms with E-state index in [2.05, 4.69) is 4.74 Å². The molecular formula is C6H11NO2. The van der Waals surface area contributed by atoms with Crippen LogP contribution in [0.15, 0.2) is 0 Å². The van der Waals surface area contributed by atoms with Crippen LogP contribution in [0.1, 0.15) is 20.8 Å².